The molecule has 1 fully saturated rings. The number of H-pyrrole nitrogens is 1. The van der Waals surface area contributed by atoms with Crippen LogP contribution in [-0.4, -0.2) is 55.9 Å². The number of anilines is 1. The number of nitrogens with one attached hydrogen (secondary N) is 2. The molecule has 2 N–H and O–H groups in total. The summed E-state index contributed by atoms with van der Waals surface area (Å²) < 4.78 is 29.2. The maximum absolute atomic E-state index is 14.3. The van der Waals surface area contributed by atoms with Crippen molar-refractivity contribution in [2.75, 3.05) is 18.4 Å². The first-order valence-electron chi connectivity index (χ1n) is 8.72. The third-order valence-electron chi connectivity index (χ3n) is 5.35. The summed E-state index contributed by atoms with van der Waals surface area (Å²) in [7, 11) is 0. The summed E-state index contributed by atoms with van der Waals surface area (Å²) in [5, 5.41) is 9.65. The molecule has 5 rings (SSSR count). The number of rotatable bonds is 3. The Kier molecular flexibility index (Phi) is 3.76. The zero-order valence-corrected chi connectivity index (χ0v) is 16.3. The van der Waals surface area contributed by atoms with E-state index in [2.05, 4.69) is 41.4 Å². The average Bonchev–Trinajstić information content (AvgIpc) is 3.00. The van der Waals surface area contributed by atoms with Crippen molar-refractivity contribution in [3.8, 4) is 0 Å². The van der Waals surface area contributed by atoms with Gasteiger partial charge in [-0.2, -0.15) is 10.1 Å². The van der Waals surface area contributed by atoms with Gasteiger partial charge in [-0.15, -0.1) is 0 Å². The molecule has 0 radical (unpaired) electrons. The molecule has 2 aliphatic rings. The summed E-state index contributed by atoms with van der Waals surface area (Å²) in [6.45, 7) is -0.604. The van der Waals surface area contributed by atoms with E-state index in [0.29, 0.717) is 21.1 Å². The second-order valence-corrected chi connectivity index (χ2v) is 8.15. The molecular weight excluding hydrogens is 450 g/mol. The van der Waals surface area contributed by atoms with Crippen LogP contribution in [0.15, 0.2) is 35.1 Å². The molecule has 3 aromatic rings. The predicted octanol–water partition coefficient (Wildman–Crippen LogP) is 2.49. The third-order valence-corrected chi connectivity index (χ3v) is 5.84. The number of nitrogens with zero attached hydrogens (tertiary/aromatic N) is 4. The molecule has 1 aromatic carbocycles. The zero-order valence-electron chi connectivity index (χ0n) is 14.7. The fraction of sp³-hybridized carbons (Fsp3) is 0.278. The van der Waals surface area contributed by atoms with Crippen LogP contribution in [0.5, 0.6) is 0 Å². The van der Waals surface area contributed by atoms with Gasteiger partial charge in [0.05, 0.1) is 17.0 Å². The highest BCUT2D eigenvalue weighted by Gasteiger charge is 2.74. The quantitative estimate of drug-likeness (QED) is 0.622. The summed E-state index contributed by atoms with van der Waals surface area (Å²) in [6, 6.07) is 4.71. The number of carbonyl (C=O) groups is 2. The van der Waals surface area contributed by atoms with E-state index < -0.39 is 23.2 Å². The summed E-state index contributed by atoms with van der Waals surface area (Å²) in [5.41, 5.74) is -0.488. The Labute approximate surface area is 170 Å². The number of hydrogen-bond acceptors (Lipinski definition) is 5. The van der Waals surface area contributed by atoms with E-state index in [1.165, 1.54) is 12.3 Å². The Morgan fingerprint density at radius 3 is 2.90 bits per heavy atom. The number of aromatic amines is 1. The van der Waals surface area contributed by atoms with Crippen molar-refractivity contribution < 1.29 is 18.4 Å². The van der Waals surface area contributed by atoms with Gasteiger partial charge in [0, 0.05) is 29.2 Å². The first-order chi connectivity index (χ1) is 13.8. The van der Waals surface area contributed by atoms with E-state index in [4.69, 9.17) is 0 Å². The lowest BCUT2D eigenvalue weighted by Gasteiger charge is -2.34. The Morgan fingerprint density at radius 2 is 2.14 bits per heavy atom. The van der Waals surface area contributed by atoms with Gasteiger partial charge in [-0.3, -0.25) is 20.0 Å². The molecule has 1 saturated carbocycles. The molecule has 1 aliphatic heterocycles. The first-order valence-corrected chi connectivity index (χ1v) is 9.51. The minimum atomic E-state index is -2.92. The van der Waals surface area contributed by atoms with Crippen molar-refractivity contribution in [3.05, 3.63) is 46.2 Å². The number of amides is 2. The maximum atomic E-state index is 14.3. The SMILES string of the molecule is O=C(CN1CC2(CC2(F)F)c2cc(Br)ccc2C1=O)Nc1ncc2cn[nH]c2n1. The van der Waals surface area contributed by atoms with Crippen molar-refractivity contribution in [1.29, 1.82) is 0 Å². The summed E-state index contributed by atoms with van der Waals surface area (Å²) in [4.78, 5) is 34.5. The maximum Gasteiger partial charge on any atom is 0.260 e. The fourth-order valence-electron chi connectivity index (χ4n) is 3.81. The number of benzene rings is 1. The fourth-order valence-corrected chi connectivity index (χ4v) is 4.18. The standard InChI is InChI=1S/C18H13BrF2N6O2/c19-10-1-2-11-12(3-10)17(7-18(17,20)21)8-27(15(11)29)6-13(28)24-16-22-4-9-5-23-26-14(9)25-16/h1-5H,6-8H2,(H2,22,23,24,25,26,28). The average molecular weight is 463 g/mol. The van der Waals surface area contributed by atoms with Gasteiger partial charge in [0.15, 0.2) is 5.65 Å². The molecule has 3 heterocycles. The lowest BCUT2D eigenvalue weighted by molar-refractivity contribution is -0.117. The van der Waals surface area contributed by atoms with E-state index in [0.717, 1.165) is 4.90 Å². The molecule has 1 aliphatic carbocycles. The Morgan fingerprint density at radius 1 is 1.34 bits per heavy atom. The molecule has 11 heteroatoms. The summed E-state index contributed by atoms with van der Waals surface area (Å²) in [5.74, 6) is -3.92. The molecule has 1 spiro atoms. The molecular formula is C18H13BrF2N6O2. The zero-order chi connectivity index (χ0) is 20.4. The highest BCUT2D eigenvalue weighted by molar-refractivity contribution is 9.10. The normalized spacial score (nSPS) is 22.0. The summed E-state index contributed by atoms with van der Waals surface area (Å²) in [6.07, 6.45) is 2.67. The van der Waals surface area contributed by atoms with Crippen LogP contribution in [0.3, 0.4) is 0 Å². The topological polar surface area (TPSA) is 104 Å². The molecule has 2 amide bonds. The highest BCUT2D eigenvalue weighted by atomic mass is 79.9. The van der Waals surface area contributed by atoms with E-state index in [1.807, 2.05) is 0 Å². The van der Waals surface area contributed by atoms with Crippen LogP contribution >= 0.6 is 15.9 Å². The Bertz CT molecular complexity index is 1180. The first kappa shape index (κ1) is 18.1. The van der Waals surface area contributed by atoms with Crippen molar-refractivity contribution in [2.45, 2.75) is 17.8 Å². The largest absolute Gasteiger partial charge is 0.328 e. The van der Waals surface area contributed by atoms with Gasteiger partial charge in [0.1, 0.15) is 6.54 Å². The van der Waals surface area contributed by atoms with Gasteiger partial charge >= 0.3 is 0 Å². The number of halogens is 3. The van der Waals surface area contributed by atoms with Gasteiger partial charge < -0.3 is 4.90 Å². The lowest BCUT2D eigenvalue weighted by Crippen LogP contribution is -2.48. The van der Waals surface area contributed by atoms with Gasteiger partial charge in [0.25, 0.3) is 11.8 Å². The van der Waals surface area contributed by atoms with Gasteiger partial charge in [-0.1, -0.05) is 15.9 Å². The van der Waals surface area contributed by atoms with Crippen molar-refractivity contribution in [1.82, 2.24) is 25.1 Å². The minimum Gasteiger partial charge on any atom is -0.328 e. The Balaban J connectivity index is 1.39. The van der Waals surface area contributed by atoms with Crippen molar-refractivity contribution in [3.63, 3.8) is 0 Å². The second-order valence-electron chi connectivity index (χ2n) is 7.23. The van der Waals surface area contributed by atoms with Crippen molar-refractivity contribution in [2.24, 2.45) is 0 Å². The van der Waals surface area contributed by atoms with Gasteiger partial charge in [0.2, 0.25) is 11.9 Å². The molecule has 148 valence electrons. The van der Waals surface area contributed by atoms with Crippen LogP contribution in [0, 0.1) is 0 Å². The lowest BCUT2D eigenvalue weighted by atomic mass is 9.86. The van der Waals surface area contributed by atoms with Gasteiger partial charge in [-0.05, 0) is 23.8 Å². The number of aromatic nitrogens is 4. The van der Waals surface area contributed by atoms with E-state index in [1.54, 1.807) is 18.3 Å². The molecule has 2 aromatic heterocycles. The highest BCUT2D eigenvalue weighted by Crippen LogP contribution is 2.64. The van der Waals surface area contributed by atoms with Crippen molar-refractivity contribution >= 4 is 44.7 Å². The van der Waals surface area contributed by atoms with E-state index in [-0.39, 0.29) is 31.0 Å². The smallest absolute Gasteiger partial charge is 0.260 e. The summed E-state index contributed by atoms with van der Waals surface area (Å²) >= 11 is 3.28. The van der Waals surface area contributed by atoms with E-state index in [9.17, 15) is 18.4 Å². The monoisotopic (exact) mass is 462 g/mol. The minimum absolute atomic E-state index is 0.0343. The number of hydrogen-bond donors (Lipinski definition) is 2. The van der Waals surface area contributed by atoms with Crippen LogP contribution in [0.25, 0.3) is 11.0 Å². The van der Waals surface area contributed by atoms with Crippen LogP contribution in [0.4, 0.5) is 14.7 Å². The van der Waals surface area contributed by atoms with Crippen LogP contribution in [-0.2, 0) is 10.2 Å². The second kappa shape index (κ2) is 6.02. The molecule has 0 bridgehead atoms. The third kappa shape index (κ3) is 2.79. The molecule has 8 nitrogen and oxygen atoms in total. The molecule has 1 unspecified atom stereocenters. The Hall–Kier alpha value is -2.95. The number of fused-ring (bicyclic) bond motifs is 3. The predicted molar refractivity (Wildman–Crippen MR) is 102 cm³/mol. The molecule has 1 atom stereocenters. The van der Waals surface area contributed by atoms with Crippen LogP contribution in [0.2, 0.25) is 0 Å². The molecule has 29 heavy (non-hydrogen) atoms. The number of alkyl halides is 2. The number of carbonyl (C=O) groups excluding carboxylic acids is 2. The van der Waals surface area contributed by atoms with Gasteiger partial charge in [-0.25, -0.2) is 13.8 Å². The van der Waals surface area contributed by atoms with Crippen LogP contribution in [0.1, 0.15) is 22.3 Å². The van der Waals surface area contributed by atoms with Crippen LogP contribution < -0.4 is 5.32 Å². The van der Waals surface area contributed by atoms with E-state index >= 15 is 0 Å². The molecule has 0 saturated heterocycles.